The fourth-order valence-corrected chi connectivity index (χ4v) is 11.8. The topological polar surface area (TPSA) is 21.3 Å². The molecule has 14 aromatic rings. The van der Waals surface area contributed by atoms with E-state index in [1.165, 1.54) is 75.0 Å². The summed E-state index contributed by atoms with van der Waals surface area (Å²) in [5.41, 5.74) is 15.2. The van der Waals surface area contributed by atoms with Crippen LogP contribution < -0.4 is 4.90 Å². The molecule has 14 rings (SSSR count). The number of fused-ring (bicyclic) bond motifs is 10. The van der Waals surface area contributed by atoms with E-state index in [0.717, 1.165) is 55.8 Å². The van der Waals surface area contributed by atoms with Crippen LogP contribution in [0.15, 0.2) is 247 Å². The molecule has 0 aliphatic heterocycles. The molecule has 0 saturated carbocycles. The Morgan fingerprint density at radius 2 is 0.956 bits per heavy atom. The Balaban J connectivity index is 0.972. The van der Waals surface area contributed by atoms with Gasteiger partial charge in [0.15, 0.2) is 0 Å². The Kier molecular flexibility index (Phi) is 8.76. The summed E-state index contributed by atoms with van der Waals surface area (Å²) in [6.45, 7) is 0. The van der Waals surface area contributed by atoms with Gasteiger partial charge in [0.2, 0.25) is 0 Å². The van der Waals surface area contributed by atoms with Crippen molar-refractivity contribution in [2.24, 2.45) is 0 Å². The minimum Gasteiger partial charge on any atom is -0.455 e. The van der Waals surface area contributed by atoms with Crippen LogP contribution in [0.4, 0.5) is 17.1 Å². The lowest BCUT2D eigenvalue weighted by molar-refractivity contribution is 0.670. The summed E-state index contributed by atoms with van der Waals surface area (Å²) in [4.78, 5) is 2.40. The lowest BCUT2D eigenvalue weighted by Gasteiger charge is -2.27. The van der Waals surface area contributed by atoms with E-state index < -0.39 is 0 Å². The van der Waals surface area contributed by atoms with Crippen LogP contribution in [0.3, 0.4) is 0 Å². The lowest BCUT2D eigenvalue weighted by atomic mass is 9.97. The van der Waals surface area contributed by atoms with Crippen LogP contribution >= 0.6 is 11.3 Å². The van der Waals surface area contributed by atoms with Gasteiger partial charge in [-0.05, 0) is 112 Å². The molecule has 0 radical (unpaired) electrons. The molecule has 3 aromatic heterocycles. The van der Waals surface area contributed by atoms with Crippen molar-refractivity contribution in [3.05, 3.63) is 243 Å². The molecule has 4 heteroatoms. The minimum absolute atomic E-state index is 0.849. The first-order chi connectivity index (χ1) is 33.7. The van der Waals surface area contributed by atoms with Gasteiger partial charge in [0.05, 0.1) is 27.8 Å². The molecule has 318 valence electrons. The molecule has 0 saturated heterocycles. The van der Waals surface area contributed by atoms with Crippen LogP contribution in [0.1, 0.15) is 0 Å². The summed E-state index contributed by atoms with van der Waals surface area (Å²) in [6, 6.07) is 88.1. The van der Waals surface area contributed by atoms with E-state index in [9.17, 15) is 0 Å². The lowest BCUT2D eigenvalue weighted by Crippen LogP contribution is -2.10. The molecule has 0 aliphatic carbocycles. The molecule has 3 heterocycles. The third-order valence-corrected chi connectivity index (χ3v) is 14.9. The highest BCUT2D eigenvalue weighted by Gasteiger charge is 2.25. The fraction of sp³-hybridized carbons (Fsp3) is 0. The monoisotopic (exact) mass is 884 g/mol. The van der Waals surface area contributed by atoms with Gasteiger partial charge < -0.3 is 13.9 Å². The number of benzene rings is 11. The number of aromatic nitrogens is 1. The second-order valence-electron chi connectivity index (χ2n) is 17.6. The Morgan fingerprint density at radius 1 is 0.368 bits per heavy atom. The number of nitrogens with zero attached hydrogens (tertiary/aromatic N) is 2. The van der Waals surface area contributed by atoms with Crippen LogP contribution in [0.25, 0.3) is 114 Å². The van der Waals surface area contributed by atoms with E-state index in [-0.39, 0.29) is 0 Å². The number of thiophene rings is 1. The highest BCUT2D eigenvalue weighted by molar-refractivity contribution is 7.25. The Hall–Kier alpha value is -8.70. The van der Waals surface area contributed by atoms with Gasteiger partial charge in [-0.1, -0.05) is 164 Å². The molecule has 11 aromatic carbocycles. The quantitative estimate of drug-likeness (QED) is 0.159. The molecule has 0 N–H and O–H groups in total. The van der Waals surface area contributed by atoms with Crippen molar-refractivity contribution in [2.75, 3.05) is 4.90 Å². The molecule has 0 unspecified atom stereocenters. The first-order valence-corrected chi connectivity index (χ1v) is 24.0. The predicted octanol–water partition coefficient (Wildman–Crippen LogP) is 18.7. The smallest absolute Gasteiger partial charge is 0.145 e. The van der Waals surface area contributed by atoms with Crippen LogP contribution in [-0.2, 0) is 0 Å². The van der Waals surface area contributed by atoms with Crippen LogP contribution in [0, 0.1) is 0 Å². The second-order valence-corrected chi connectivity index (χ2v) is 18.7. The average molecular weight is 885 g/mol. The van der Waals surface area contributed by atoms with Crippen molar-refractivity contribution in [1.29, 1.82) is 0 Å². The zero-order chi connectivity index (χ0) is 44.7. The highest BCUT2D eigenvalue weighted by Crippen LogP contribution is 2.48. The highest BCUT2D eigenvalue weighted by atomic mass is 32.1. The Bertz CT molecular complexity index is 4210. The van der Waals surface area contributed by atoms with E-state index >= 15 is 0 Å². The minimum atomic E-state index is 0.849. The predicted molar refractivity (Wildman–Crippen MR) is 289 cm³/mol. The molecular weight excluding hydrogens is 845 g/mol. The molecule has 0 amide bonds. The maximum Gasteiger partial charge on any atom is 0.145 e. The molecular formula is C64H40N2OS. The summed E-state index contributed by atoms with van der Waals surface area (Å²) in [7, 11) is 0. The van der Waals surface area contributed by atoms with Gasteiger partial charge in [-0.15, -0.1) is 11.3 Å². The average Bonchev–Trinajstić information content (AvgIpc) is 4.10. The molecule has 0 atom stereocenters. The first kappa shape index (κ1) is 38.6. The van der Waals surface area contributed by atoms with Crippen LogP contribution in [-0.4, -0.2) is 4.57 Å². The number of para-hydroxylation sites is 4. The standard InChI is InChI=1S/C64H40N2OS/c1-2-15-44-40-45(29-28-41(44)14-1)42-30-34-46(35-31-42)65(47-36-32-43(33-37-47)48-21-13-27-61-62(48)54-20-7-12-26-60(54)68-61)58-39-38-52(64-63(58)53-19-6-11-25-59(53)67-64)51-18-5-10-24-57(51)66-55-22-8-3-16-49(55)50-17-4-9-23-56(50)66/h1-40H. The van der Waals surface area contributed by atoms with Crippen LogP contribution in [0.2, 0.25) is 0 Å². The van der Waals surface area contributed by atoms with E-state index in [4.69, 9.17) is 4.42 Å². The molecule has 0 fully saturated rings. The first-order valence-electron chi connectivity index (χ1n) is 23.2. The summed E-state index contributed by atoms with van der Waals surface area (Å²) in [6.07, 6.45) is 0. The van der Waals surface area contributed by atoms with E-state index in [1.807, 2.05) is 11.3 Å². The van der Waals surface area contributed by atoms with Crippen molar-refractivity contribution in [1.82, 2.24) is 4.57 Å². The summed E-state index contributed by atoms with van der Waals surface area (Å²) in [5, 5.41) is 9.68. The summed E-state index contributed by atoms with van der Waals surface area (Å²) < 4.78 is 12.1. The second kappa shape index (κ2) is 15.5. The van der Waals surface area contributed by atoms with Gasteiger partial charge in [0, 0.05) is 58.8 Å². The van der Waals surface area contributed by atoms with Crippen LogP contribution in [0.5, 0.6) is 0 Å². The summed E-state index contributed by atoms with van der Waals surface area (Å²) in [5.74, 6) is 0. The molecule has 3 nitrogen and oxygen atoms in total. The van der Waals surface area contributed by atoms with Gasteiger partial charge in [-0.25, -0.2) is 0 Å². The molecule has 0 aliphatic rings. The van der Waals surface area contributed by atoms with Crippen molar-refractivity contribution >= 4 is 103 Å². The van der Waals surface area contributed by atoms with Gasteiger partial charge in [0.25, 0.3) is 0 Å². The van der Waals surface area contributed by atoms with Gasteiger partial charge in [-0.2, -0.15) is 0 Å². The van der Waals surface area contributed by atoms with Crippen molar-refractivity contribution < 1.29 is 4.42 Å². The SMILES string of the molecule is c1ccc(-n2c3ccccc3c3ccccc32)c(-c2ccc(N(c3ccc(-c4ccc5ccccc5c4)cc3)c3ccc(-c4cccc5sc6ccccc6c45)cc3)c3c2oc2ccccc23)c1. The zero-order valence-electron chi connectivity index (χ0n) is 36.8. The normalized spacial score (nSPS) is 11.8. The van der Waals surface area contributed by atoms with E-state index in [0.29, 0.717) is 0 Å². The summed E-state index contributed by atoms with van der Waals surface area (Å²) >= 11 is 1.86. The number of anilines is 3. The Labute approximate surface area is 396 Å². The third-order valence-electron chi connectivity index (χ3n) is 13.8. The van der Waals surface area contributed by atoms with E-state index in [2.05, 4.69) is 252 Å². The maximum atomic E-state index is 7.07. The van der Waals surface area contributed by atoms with Gasteiger partial charge >= 0.3 is 0 Å². The van der Waals surface area contributed by atoms with Gasteiger partial charge in [0.1, 0.15) is 11.2 Å². The van der Waals surface area contributed by atoms with Crippen molar-refractivity contribution in [2.45, 2.75) is 0 Å². The maximum absolute atomic E-state index is 7.07. The zero-order valence-corrected chi connectivity index (χ0v) is 37.6. The fourth-order valence-electron chi connectivity index (χ4n) is 10.7. The molecule has 0 spiro atoms. The van der Waals surface area contributed by atoms with Crippen molar-refractivity contribution in [3.63, 3.8) is 0 Å². The molecule has 68 heavy (non-hydrogen) atoms. The number of furan rings is 1. The number of rotatable bonds is 7. The third kappa shape index (κ3) is 6.05. The van der Waals surface area contributed by atoms with Gasteiger partial charge in [-0.3, -0.25) is 0 Å². The Morgan fingerprint density at radius 3 is 1.74 bits per heavy atom. The van der Waals surface area contributed by atoms with Crippen molar-refractivity contribution in [3.8, 4) is 39.1 Å². The molecule has 0 bridgehead atoms. The number of hydrogen-bond donors (Lipinski definition) is 0. The largest absolute Gasteiger partial charge is 0.455 e. The van der Waals surface area contributed by atoms with E-state index in [1.54, 1.807) is 0 Å². The number of hydrogen-bond acceptors (Lipinski definition) is 3.